The first-order valence-electron chi connectivity index (χ1n) is 9.53. The SMILES string of the molecule is CCC(C)(C)CC(C)(C(=O)OCC(=O)OC1CSCCO1)C(C)(C)CC. The zero-order valence-electron chi connectivity index (χ0n) is 17.5. The largest absolute Gasteiger partial charge is 0.453 e. The molecule has 1 rings (SSSR count). The van der Waals surface area contributed by atoms with Crippen molar-refractivity contribution in [2.75, 3.05) is 24.7 Å². The van der Waals surface area contributed by atoms with E-state index in [1.165, 1.54) is 0 Å². The zero-order valence-corrected chi connectivity index (χ0v) is 18.3. The lowest BCUT2D eigenvalue weighted by Crippen LogP contribution is -2.46. The summed E-state index contributed by atoms with van der Waals surface area (Å²) in [6, 6.07) is 0. The molecule has 2 unspecified atom stereocenters. The number of thioether (sulfide) groups is 1. The van der Waals surface area contributed by atoms with Gasteiger partial charge >= 0.3 is 11.9 Å². The molecular formula is C20H36O5S. The number of carbonyl (C=O) groups is 2. The minimum Gasteiger partial charge on any atom is -0.453 e. The lowest BCUT2D eigenvalue weighted by molar-refractivity contribution is -0.186. The summed E-state index contributed by atoms with van der Waals surface area (Å²) < 4.78 is 16.0. The van der Waals surface area contributed by atoms with Gasteiger partial charge in [0.2, 0.25) is 6.29 Å². The van der Waals surface area contributed by atoms with E-state index in [-0.39, 0.29) is 23.4 Å². The Kier molecular flexibility index (Phi) is 8.46. The van der Waals surface area contributed by atoms with Gasteiger partial charge in [-0.25, -0.2) is 4.79 Å². The molecule has 0 aliphatic carbocycles. The van der Waals surface area contributed by atoms with Crippen LogP contribution < -0.4 is 0 Å². The van der Waals surface area contributed by atoms with Crippen molar-refractivity contribution < 1.29 is 23.8 Å². The molecule has 0 spiro atoms. The van der Waals surface area contributed by atoms with Crippen molar-refractivity contribution in [1.82, 2.24) is 0 Å². The van der Waals surface area contributed by atoms with Gasteiger partial charge in [0.1, 0.15) is 0 Å². The van der Waals surface area contributed by atoms with Crippen molar-refractivity contribution in [2.24, 2.45) is 16.2 Å². The van der Waals surface area contributed by atoms with Gasteiger partial charge in [-0.2, -0.15) is 11.8 Å². The van der Waals surface area contributed by atoms with E-state index in [4.69, 9.17) is 14.2 Å². The molecule has 0 N–H and O–H groups in total. The molecule has 6 heteroatoms. The first-order chi connectivity index (χ1) is 12.0. The van der Waals surface area contributed by atoms with Crippen LogP contribution in [0.15, 0.2) is 0 Å². The van der Waals surface area contributed by atoms with E-state index >= 15 is 0 Å². The zero-order chi connectivity index (χ0) is 20.0. The third-order valence-corrected chi connectivity index (χ3v) is 6.95. The van der Waals surface area contributed by atoms with E-state index in [9.17, 15) is 9.59 Å². The second-order valence-electron chi connectivity index (χ2n) is 8.71. The van der Waals surface area contributed by atoms with Crippen LogP contribution >= 0.6 is 11.8 Å². The number of hydrogen-bond acceptors (Lipinski definition) is 6. The molecule has 1 aliphatic rings. The van der Waals surface area contributed by atoms with E-state index in [0.29, 0.717) is 18.8 Å². The summed E-state index contributed by atoms with van der Waals surface area (Å²) in [6.45, 7) is 14.9. The summed E-state index contributed by atoms with van der Waals surface area (Å²) in [4.78, 5) is 25.0. The predicted molar refractivity (Wildman–Crippen MR) is 105 cm³/mol. The number of esters is 2. The molecule has 0 saturated carbocycles. The first-order valence-corrected chi connectivity index (χ1v) is 10.7. The van der Waals surface area contributed by atoms with Crippen LogP contribution in [-0.4, -0.2) is 42.9 Å². The molecule has 0 aromatic rings. The molecule has 0 radical (unpaired) electrons. The topological polar surface area (TPSA) is 61.8 Å². The smallest absolute Gasteiger partial charge is 0.346 e. The van der Waals surface area contributed by atoms with Gasteiger partial charge in [-0.3, -0.25) is 4.79 Å². The van der Waals surface area contributed by atoms with Crippen molar-refractivity contribution in [3.05, 3.63) is 0 Å². The average molecular weight is 389 g/mol. The Hall–Kier alpha value is -0.750. The van der Waals surface area contributed by atoms with Crippen molar-refractivity contribution in [3.63, 3.8) is 0 Å². The molecule has 0 aromatic carbocycles. The monoisotopic (exact) mass is 388 g/mol. The van der Waals surface area contributed by atoms with Crippen LogP contribution in [0, 0.1) is 16.2 Å². The highest BCUT2D eigenvalue weighted by molar-refractivity contribution is 7.99. The van der Waals surface area contributed by atoms with Crippen LogP contribution in [-0.2, 0) is 23.8 Å². The molecule has 152 valence electrons. The molecule has 1 heterocycles. The number of hydrogen-bond donors (Lipinski definition) is 0. The van der Waals surface area contributed by atoms with Gasteiger partial charge in [0.15, 0.2) is 6.61 Å². The standard InChI is InChI=1S/C20H36O5S/c1-8-18(3,4)14-20(7,19(5,6)9-2)17(22)24-12-15(21)25-16-13-26-11-10-23-16/h16H,8-14H2,1-7H3. The fraction of sp³-hybridized carbons (Fsp3) is 0.900. The molecule has 26 heavy (non-hydrogen) atoms. The van der Waals surface area contributed by atoms with Crippen LogP contribution in [0.5, 0.6) is 0 Å². The highest BCUT2D eigenvalue weighted by Crippen LogP contribution is 2.50. The second kappa shape index (κ2) is 9.45. The summed E-state index contributed by atoms with van der Waals surface area (Å²) in [5, 5.41) is 0. The number of rotatable bonds is 9. The van der Waals surface area contributed by atoms with E-state index in [1.54, 1.807) is 11.8 Å². The molecule has 2 atom stereocenters. The maximum Gasteiger partial charge on any atom is 0.346 e. The highest BCUT2D eigenvalue weighted by atomic mass is 32.2. The molecule has 1 fully saturated rings. The second-order valence-corrected chi connectivity index (χ2v) is 9.86. The van der Waals surface area contributed by atoms with Gasteiger partial charge < -0.3 is 14.2 Å². The Morgan fingerprint density at radius 2 is 1.77 bits per heavy atom. The Labute approximate surface area is 162 Å². The molecule has 0 amide bonds. The quantitative estimate of drug-likeness (QED) is 0.545. The molecule has 5 nitrogen and oxygen atoms in total. The fourth-order valence-electron chi connectivity index (χ4n) is 3.06. The van der Waals surface area contributed by atoms with Gasteiger partial charge in [-0.1, -0.05) is 48.0 Å². The van der Waals surface area contributed by atoms with Crippen LogP contribution in [0.2, 0.25) is 0 Å². The van der Waals surface area contributed by atoms with Gasteiger partial charge in [-0.15, -0.1) is 0 Å². The van der Waals surface area contributed by atoms with Crippen molar-refractivity contribution in [3.8, 4) is 0 Å². The molecular weight excluding hydrogens is 352 g/mol. The molecule has 1 saturated heterocycles. The van der Waals surface area contributed by atoms with Gasteiger partial charge in [0.05, 0.1) is 17.8 Å². The minimum absolute atomic E-state index is 0.00782. The van der Waals surface area contributed by atoms with E-state index in [0.717, 1.165) is 18.6 Å². The maximum absolute atomic E-state index is 13.0. The summed E-state index contributed by atoms with van der Waals surface area (Å²) in [5.41, 5.74) is -0.920. The fourth-order valence-corrected chi connectivity index (χ4v) is 3.80. The number of ether oxygens (including phenoxy) is 3. The average Bonchev–Trinajstić information content (AvgIpc) is 2.59. The van der Waals surface area contributed by atoms with Gasteiger partial charge in [0, 0.05) is 5.75 Å². The van der Waals surface area contributed by atoms with Gasteiger partial charge in [-0.05, 0) is 30.6 Å². The third-order valence-electron chi connectivity index (χ3n) is 5.99. The van der Waals surface area contributed by atoms with Crippen LogP contribution in [0.1, 0.15) is 67.7 Å². The van der Waals surface area contributed by atoms with Crippen LogP contribution in [0.4, 0.5) is 0 Å². The van der Waals surface area contributed by atoms with Crippen molar-refractivity contribution >= 4 is 23.7 Å². The third kappa shape index (κ3) is 6.15. The molecule has 0 aromatic heterocycles. The Morgan fingerprint density at radius 1 is 1.12 bits per heavy atom. The van der Waals surface area contributed by atoms with E-state index in [2.05, 4.69) is 41.5 Å². The molecule has 0 bridgehead atoms. The minimum atomic E-state index is -0.682. The first kappa shape index (κ1) is 23.3. The van der Waals surface area contributed by atoms with E-state index in [1.807, 2.05) is 6.92 Å². The lowest BCUT2D eigenvalue weighted by Gasteiger charge is -2.45. The Balaban J connectivity index is 2.74. The Bertz CT molecular complexity index is 483. The maximum atomic E-state index is 13.0. The van der Waals surface area contributed by atoms with E-state index < -0.39 is 17.7 Å². The van der Waals surface area contributed by atoms with Crippen LogP contribution in [0.25, 0.3) is 0 Å². The summed E-state index contributed by atoms with van der Waals surface area (Å²) in [7, 11) is 0. The normalized spacial score (nSPS) is 21.0. The van der Waals surface area contributed by atoms with Crippen molar-refractivity contribution in [2.45, 2.75) is 74.0 Å². The highest BCUT2D eigenvalue weighted by Gasteiger charge is 2.49. The summed E-state index contributed by atoms with van der Waals surface area (Å²) >= 11 is 1.68. The summed E-state index contributed by atoms with van der Waals surface area (Å²) in [6.07, 6.45) is 1.97. The van der Waals surface area contributed by atoms with Crippen LogP contribution in [0.3, 0.4) is 0 Å². The molecule has 1 aliphatic heterocycles. The van der Waals surface area contributed by atoms with Gasteiger partial charge in [0.25, 0.3) is 0 Å². The summed E-state index contributed by atoms with van der Waals surface area (Å²) in [5.74, 6) is 0.630. The lowest BCUT2D eigenvalue weighted by atomic mass is 9.58. The number of carbonyl (C=O) groups excluding carboxylic acids is 2. The van der Waals surface area contributed by atoms with Crippen molar-refractivity contribution in [1.29, 1.82) is 0 Å². The Morgan fingerprint density at radius 3 is 2.27 bits per heavy atom. The predicted octanol–water partition coefficient (Wildman–Crippen LogP) is 4.43.